The quantitative estimate of drug-likeness (QED) is 0.667. The highest BCUT2D eigenvalue weighted by atomic mass is 16.3. The van der Waals surface area contributed by atoms with E-state index in [2.05, 4.69) is 21.6 Å². The second-order valence-electron chi connectivity index (χ2n) is 3.79. The summed E-state index contributed by atoms with van der Waals surface area (Å²) < 4.78 is 0. The smallest absolute Gasteiger partial charge is 0.0794 e. The van der Waals surface area contributed by atoms with E-state index in [0.29, 0.717) is 12.5 Å². The molecule has 0 bridgehead atoms. The van der Waals surface area contributed by atoms with Crippen molar-refractivity contribution in [2.75, 3.05) is 13.2 Å². The summed E-state index contributed by atoms with van der Waals surface area (Å²) >= 11 is 0. The largest absolute Gasteiger partial charge is 0.396 e. The van der Waals surface area contributed by atoms with Crippen LogP contribution in [-0.4, -0.2) is 28.5 Å². The lowest BCUT2D eigenvalue weighted by Crippen LogP contribution is -2.26. The molecule has 0 amide bonds. The average molecular weight is 195 g/mol. The maximum absolute atomic E-state index is 8.78. The number of aliphatic hydroxyl groups is 1. The number of hydrogen-bond donors (Lipinski definition) is 3. The number of aromatic amines is 1. The van der Waals surface area contributed by atoms with E-state index in [1.165, 1.54) is 19.3 Å². The Bertz CT molecular complexity index is 279. The van der Waals surface area contributed by atoms with Gasteiger partial charge in [-0.15, -0.1) is 0 Å². The highest BCUT2D eigenvalue weighted by molar-refractivity contribution is 5.13. The van der Waals surface area contributed by atoms with Crippen LogP contribution in [0, 0.1) is 0 Å². The number of piperidine rings is 1. The third-order valence-electron chi connectivity index (χ3n) is 2.70. The average Bonchev–Trinajstić information content (AvgIpc) is 2.68. The lowest BCUT2D eigenvalue weighted by Gasteiger charge is -2.21. The summed E-state index contributed by atoms with van der Waals surface area (Å²) in [5.74, 6) is 0. The normalized spacial score (nSPS) is 22.5. The molecule has 14 heavy (non-hydrogen) atoms. The topological polar surface area (TPSA) is 60.9 Å². The van der Waals surface area contributed by atoms with Crippen molar-refractivity contribution < 1.29 is 5.11 Å². The molecule has 1 saturated heterocycles. The highest BCUT2D eigenvalue weighted by Crippen LogP contribution is 2.21. The second kappa shape index (κ2) is 4.57. The van der Waals surface area contributed by atoms with Crippen molar-refractivity contribution in [2.24, 2.45) is 0 Å². The molecule has 78 valence electrons. The molecule has 4 heteroatoms. The van der Waals surface area contributed by atoms with E-state index in [1.807, 2.05) is 0 Å². The summed E-state index contributed by atoms with van der Waals surface area (Å²) in [4.78, 5) is 0. The van der Waals surface area contributed by atoms with E-state index in [-0.39, 0.29) is 6.61 Å². The van der Waals surface area contributed by atoms with Gasteiger partial charge in [-0.05, 0) is 25.5 Å². The van der Waals surface area contributed by atoms with Crippen LogP contribution in [0.1, 0.15) is 36.7 Å². The van der Waals surface area contributed by atoms with E-state index in [1.54, 1.807) is 0 Å². The molecule has 2 rings (SSSR count). The molecule has 3 N–H and O–H groups in total. The van der Waals surface area contributed by atoms with Crippen molar-refractivity contribution in [2.45, 2.75) is 31.7 Å². The summed E-state index contributed by atoms with van der Waals surface area (Å²) in [5.41, 5.74) is 2.11. The van der Waals surface area contributed by atoms with Crippen molar-refractivity contribution in [1.82, 2.24) is 15.5 Å². The number of nitrogens with zero attached hydrogens (tertiary/aromatic N) is 1. The van der Waals surface area contributed by atoms with Crippen LogP contribution in [0.25, 0.3) is 0 Å². The van der Waals surface area contributed by atoms with E-state index < -0.39 is 0 Å². The van der Waals surface area contributed by atoms with Crippen LogP contribution in [0.5, 0.6) is 0 Å². The van der Waals surface area contributed by atoms with E-state index in [0.717, 1.165) is 17.9 Å². The molecule has 0 saturated carbocycles. The standard InChI is InChI=1S/C10H17N3O/c14-6-4-8-7-10(13-12-8)9-3-1-2-5-11-9/h7,9,11,14H,1-6H2,(H,12,13)/t9-/m1/s1. The number of nitrogens with one attached hydrogen (secondary N) is 2. The van der Waals surface area contributed by atoms with Crippen molar-refractivity contribution in [3.63, 3.8) is 0 Å². The number of H-pyrrole nitrogens is 1. The van der Waals surface area contributed by atoms with E-state index in [9.17, 15) is 0 Å². The molecule has 2 heterocycles. The second-order valence-corrected chi connectivity index (χ2v) is 3.79. The third kappa shape index (κ3) is 2.13. The molecule has 4 nitrogen and oxygen atoms in total. The van der Waals surface area contributed by atoms with Gasteiger partial charge in [0.1, 0.15) is 0 Å². The number of rotatable bonds is 3. The summed E-state index contributed by atoms with van der Waals surface area (Å²) in [7, 11) is 0. The molecule has 0 unspecified atom stereocenters. The molecule has 1 aromatic rings. The Morgan fingerprint density at radius 1 is 1.50 bits per heavy atom. The van der Waals surface area contributed by atoms with Gasteiger partial charge in [0.2, 0.25) is 0 Å². The Kier molecular flexibility index (Phi) is 3.16. The molecule has 0 spiro atoms. The van der Waals surface area contributed by atoms with Gasteiger partial charge in [-0.25, -0.2) is 0 Å². The first-order valence-electron chi connectivity index (χ1n) is 5.28. The first kappa shape index (κ1) is 9.68. The van der Waals surface area contributed by atoms with Gasteiger partial charge in [0.15, 0.2) is 0 Å². The van der Waals surface area contributed by atoms with Gasteiger partial charge in [-0.1, -0.05) is 6.42 Å². The molecule has 1 atom stereocenters. The predicted molar refractivity (Wildman–Crippen MR) is 54.0 cm³/mol. The highest BCUT2D eigenvalue weighted by Gasteiger charge is 2.16. The number of aliphatic hydroxyl groups excluding tert-OH is 1. The van der Waals surface area contributed by atoms with Gasteiger partial charge in [0.25, 0.3) is 0 Å². The zero-order valence-electron chi connectivity index (χ0n) is 8.29. The molecule has 1 fully saturated rings. The van der Waals surface area contributed by atoms with Crippen LogP contribution in [0.2, 0.25) is 0 Å². The Labute approximate surface area is 83.7 Å². The SMILES string of the molecule is OCCc1cc([C@H]2CCCCN2)n[nH]1. The van der Waals surface area contributed by atoms with Gasteiger partial charge >= 0.3 is 0 Å². The minimum Gasteiger partial charge on any atom is -0.396 e. The molecular weight excluding hydrogens is 178 g/mol. The van der Waals surface area contributed by atoms with Crippen LogP contribution in [0.4, 0.5) is 0 Å². The summed E-state index contributed by atoms with van der Waals surface area (Å²) in [6.07, 6.45) is 4.38. The molecule has 1 aromatic heterocycles. The zero-order chi connectivity index (χ0) is 9.80. The number of aromatic nitrogens is 2. The lowest BCUT2D eigenvalue weighted by molar-refractivity contribution is 0.298. The predicted octanol–water partition coefficient (Wildman–Crippen LogP) is 0.759. The Morgan fingerprint density at radius 2 is 2.43 bits per heavy atom. The van der Waals surface area contributed by atoms with Gasteiger partial charge in [-0.2, -0.15) is 5.10 Å². The maximum atomic E-state index is 8.78. The molecule has 0 radical (unpaired) electrons. The fraction of sp³-hybridized carbons (Fsp3) is 0.700. The van der Waals surface area contributed by atoms with Crippen molar-refractivity contribution in [3.05, 3.63) is 17.5 Å². The van der Waals surface area contributed by atoms with Crippen LogP contribution < -0.4 is 5.32 Å². The van der Waals surface area contributed by atoms with E-state index in [4.69, 9.17) is 5.11 Å². The molecule has 0 aromatic carbocycles. The summed E-state index contributed by atoms with van der Waals surface area (Å²) in [6.45, 7) is 1.27. The zero-order valence-corrected chi connectivity index (χ0v) is 8.29. The van der Waals surface area contributed by atoms with Crippen LogP contribution >= 0.6 is 0 Å². The fourth-order valence-electron chi connectivity index (χ4n) is 1.91. The third-order valence-corrected chi connectivity index (χ3v) is 2.70. The summed E-state index contributed by atoms with van der Waals surface area (Å²) in [6, 6.07) is 2.46. The van der Waals surface area contributed by atoms with Gasteiger partial charge in [0.05, 0.1) is 11.7 Å². The Balaban J connectivity index is 2.00. The first-order chi connectivity index (χ1) is 6.90. The van der Waals surface area contributed by atoms with Crippen LogP contribution in [0.3, 0.4) is 0 Å². The maximum Gasteiger partial charge on any atom is 0.0794 e. The molecule has 0 aliphatic carbocycles. The van der Waals surface area contributed by atoms with Crippen molar-refractivity contribution >= 4 is 0 Å². The van der Waals surface area contributed by atoms with E-state index >= 15 is 0 Å². The number of hydrogen-bond acceptors (Lipinski definition) is 3. The molecule has 1 aliphatic rings. The Hall–Kier alpha value is -0.870. The van der Waals surface area contributed by atoms with Gasteiger partial charge in [-0.3, -0.25) is 5.10 Å². The van der Waals surface area contributed by atoms with Gasteiger partial charge in [0, 0.05) is 18.7 Å². The summed E-state index contributed by atoms with van der Waals surface area (Å²) in [5, 5.41) is 19.4. The minimum atomic E-state index is 0.180. The Morgan fingerprint density at radius 3 is 3.14 bits per heavy atom. The van der Waals surface area contributed by atoms with Crippen LogP contribution in [0.15, 0.2) is 6.07 Å². The van der Waals surface area contributed by atoms with Crippen LogP contribution in [-0.2, 0) is 6.42 Å². The minimum absolute atomic E-state index is 0.180. The first-order valence-corrected chi connectivity index (χ1v) is 5.28. The van der Waals surface area contributed by atoms with Crippen molar-refractivity contribution in [3.8, 4) is 0 Å². The molecular formula is C10H17N3O. The van der Waals surface area contributed by atoms with Gasteiger partial charge < -0.3 is 10.4 Å². The molecule has 1 aliphatic heterocycles. The lowest BCUT2D eigenvalue weighted by atomic mass is 10.0. The monoisotopic (exact) mass is 195 g/mol. The fourth-order valence-corrected chi connectivity index (χ4v) is 1.91. The van der Waals surface area contributed by atoms with Crippen molar-refractivity contribution in [1.29, 1.82) is 0 Å².